The fourth-order valence-electron chi connectivity index (χ4n) is 2.56. The Hall–Kier alpha value is 0.270. The molecule has 2 fully saturated rings. The van der Waals surface area contributed by atoms with E-state index in [1.54, 1.807) is 0 Å². The zero-order valence-corrected chi connectivity index (χ0v) is 9.18. The van der Waals surface area contributed by atoms with E-state index in [9.17, 15) is 0 Å². The Morgan fingerprint density at radius 3 is 2.62 bits per heavy atom. The topological polar surface area (TPSA) is 6.48 Å². The lowest BCUT2D eigenvalue weighted by Crippen LogP contribution is -2.35. The van der Waals surface area contributed by atoms with Gasteiger partial charge < -0.3 is 4.90 Å². The average Bonchev–Trinajstić information content (AvgIpc) is 2.70. The highest BCUT2D eigenvalue weighted by molar-refractivity contribution is 7.80. The van der Waals surface area contributed by atoms with E-state index in [0.29, 0.717) is 0 Å². The fraction of sp³-hybridized carbons (Fsp3) is 1.00. The van der Waals surface area contributed by atoms with E-state index in [2.05, 4.69) is 22.4 Å². The number of hydrogen-bond donors (Lipinski definition) is 1. The van der Waals surface area contributed by atoms with Gasteiger partial charge in [-0.1, -0.05) is 0 Å². The predicted octanol–water partition coefficient (Wildman–Crippen LogP) is 1.09. The summed E-state index contributed by atoms with van der Waals surface area (Å²) in [6.45, 7) is 6.45. The minimum Gasteiger partial charge on any atom is -0.301 e. The lowest BCUT2D eigenvalue weighted by Gasteiger charge is -2.23. The smallest absolute Gasteiger partial charge is 0.0235 e. The molecule has 0 aromatic carbocycles. The summed E-state index contributed by atoms with van der Waals surface area (Å²) in [6, 6.07) is 0.863. The van der Waals surface area contributed by atoms with E-state index >= 15 is 0 Å². The molecule has 2 nitrogen and oxygen atoms in total. The highest BCUT2D eigenvalue weighted by Gasteiger charge is 2.28. The molecule has 1 atom stereocenters. The minimum absolute atomic E-state index is 0.863. The Kier molecular flexibility index (Phi) is 3.52. The summed E-state index contributed by atoms with van der Waals surface area (Å²) in [5.41, 5.74) is 0. The average molecular weight is 200 g/mol. The molecule has 2 aliphatic rings. The summed E-state index contributed by atoms with van der Waals surface area (Å²) >= 11 is 4.28. The Balaban J connectivity index is 1.76. The number of likely N-dealkylation sites (tertiary alicyclic amines) is 2. The van der Waals surface area contributed by atoms with Gasteiger partial charge in [0.25, 0.3) is 0 Å². The van der Waals surface area contributed by atoms with E-state index in [4.69, 9.17) is 0 Å². The van der Waals surface area contributed by atoms with Crippen LogP contribution in [-0.2, 0) is 0 Å². The third kappa shape index (κ3) is 2.39. The second-order valence-corrected chi connectivity index (χ2v) is 4.66. The largest absolute Gasteiger partial charge is 0.301 e. The van der Waals surface area contributed by atoms with Gasteiger partial charge in [0, 0.05) is 24.9 Å². The third-order valence-electron chi connectivity index (χ3n) is 3.32. The summed E-state index contributed by atoms with van der Waals surface area (Å²) in [7, 11) is 0. The molecule has 2 rings (SSSR count). The van der Waals surface area contributed by atoms with Crippen LogP contribution < -0.4 is 0 Å². The molecule has 0 radical (unpaired) electrons. The Bertz CT molecular complexity index is 157. The maximum Gasteiger partial charge on any atom is 0.0235 e. The van der Waals surface area contributed by atoms with Gasteiger partial charge in [0.05, 0.1) is 0 Å². The summed E-state index contributed by atoms with van der Waals surface area (Å²) in [6.07, 6.45) is 4.22. The van der Waals surface area contributed by atoms with E-state index in [1.807, 2.05) is 0 Å². The van der Waals surface area contributed by atoms with E-state index in [0.717, 1.165) is 11.8 Å². The van der Waals surface area contributed by atoms with Crippen LogP contribution in [0.2, 0.25) is 0 Å². The fourth-order valence-corrected chi connectivity index (χ4v) is 2.84. The maximum atomic E-state index is 4.28. The molecule has 2 aliphatic heterocycles. The first kappa shape index (κ1) is 9.81. The molecule has 0 amide bonds. The van der Waals surface area contributed by atoms with Crippen LogP contribution in [0.5, 0.6) is 0 Å². The number of nitrogens with zero attached hydrogens (tertiary/aromatic N) is 2. The molecule has 0 aromatic heterocycles. The van der Waals surface area contributed by atoms with Crippen LogP contribution in [0.15, 0.2) is 0 Å². The van der Waals surface area contributed by atoms with Crippen LogP contribution in [0.25, 0.3) is 0 Å². The lowest BCUT2D eigenvalue weighted by atomic mass is 10.2. The Labute approximate surface area is 86.7 Å². The third-order valence-corrected chi connectivity index (χ3v) is 3.52. The molecule has 0 aliphatic carbocycles. The summed E-state index contributed by atoms with van der Waals surface area (Å²) in [5.74, 6) is 1.01. The molecule has 3 heteroatoms. The second-order valence-electron chi connectivity index (χ2n) is 4.21. The number of thiol groups is 1. The summed E-state index contributed by atoms with van der Waals surface area (Å²) < 4.78 is 0. The molecule has 1 unspecified atom stereocenters. The normalized spacial score (nSPS) is 31.6. The Morgan fingerprint density at radius 2 is 1.92 bits per heavy atom. The SMILES string of the molecule is SCCN1CCC(N2CCCC2)C1. The van der Waals surface area contributed by atoms with Crippen molar-refractivity contribution in [3.8, 4) is 0 Å². The van der Waals surface area contributed by atoms with Crippen LogP contribution >= 0.6 is 12.6 Å². The zero-order chi connectivity index (χ0) is 9.10. The number of rotatable bonds is 3. The van der Waals surface area contributed by atoms with Crippen LogP contribution in [0.1, 0.15) is 19.3 Å². The van der Waals surface area contributed by atoms with Gasteiger partial charge in [-0.05, 0) is 38.9 Å². The Morgan fingerprint density at radius 1 is 1.15 bits per heavy atom. The van der Waals surface area contributed by atoms with Gasteiger partial charge in [-0.2, -0.15) is 12.6 Å². The summed E-state index contributed by atoms with van der Waals surface area (Å²) in [5, 5.41) is 0. The number of hydrogen-bond acceptors (Lipinski definition) is 3. The highest BCUT2D eigenvalue weighted by Crippen LogP contribution is 2.19. The van der Waals surface area contributed by atoms with Crippen molar-refractivity contribution in [2.75, 3.05) is 38.5 Å². The van der Waals surface area contributed by atoms with Crippen LogP contribution in [0.4, 0.5) is 0 Å². The van der Waals surface area contributed by atoms with E-state index in [1.165, 1.54) is 52.0 Å². The molecule has 0 spiro atoms. The van der Waals surface area contributed by atoms with Gasteiger partial charge in [0.15, 0.2) is 0 Å². The van der Waals surface area contributed by atoms with Gasteiger partial charge in [-0.15, -0.1) is 0 Å². The van der Waals surface area contributed by atoms with Crippen LogP contribution in [0.3, 0.4) is 0 Å². The van der Waals surface area contributed by atoms with Gasteiger partial charge in [-0.25, -0.2) is 0 Å². The molecule has 76 valence electrons. The zero-order valence-electron chi connectivity index (χ0n) is 8.28. The lowest BCUT2D eigenvalue weighted by molar-refractivity contribution is 0.236. The van der Waals surface area contributed by atoms with Crippen molar-refractivity contribution in [2.45, 2.75) is 25.3 Å². The van der Waals surface area contributed by atoms with Gasteiger partial charge >= 0.3 is 0 Å². The molecule has 0 aromatic rings. The van der Waals surface area contributed by atoms with Crippen molar-refractivity contribution in [3.05, 3.63) is 0 Å². The first-order valence-electron chi connectivity index (χ1n) is 5.47. The van der Waals surface area contributed by atoms with Gasteiger partial charge in [0.1, 0.15) is 0 Å². The second kappa shape index (κ2) is 4.67. The van der Waals surface area contributed by atoms with E-state index in [-0.39, 0.29) is 0 Å². The van der Waals surface area contributed by atoms with Gasteiger partial charge in [0.2, 0.25) is 0 Å². The highest BCUT2D eigenvalue weighted by atomic mass is 32.1. The molecule has 2 saturated heterocycles. The molecule has 0 N–H and O–H groups in total. The maximum absolute atomic E-state index is 4.28. The quantitative estimate of drug-likeness (QED) is 0.681. The molecular weight excluding hydrogens is 180 g/mol. The molecule has 2 heterocycles. The standard InChI is InChI=1S/C10H20N2S/c13-8-7-11-6-3-10(9-11)12-4-1-2-5-12/h10,13H,1-9H2. The molecule has 0 saturated carbocycles. The van der Waals surface area contributed by atoms with Crippen molar-refractivity contribution in [1.29, 1.82) is 0 Å². The summed E-state index contributed by atoms with van der Waals surface area (Å²) in [4.78, 5) is 5.23. The van der Waals surface area contributed by atoms with Crippen LogP contribution in [-0.4, -0.2) is 54.3 Å². The molecule has 0 bridgehead atoms. The molecule has 13 heavy (non-hydrogen) atoms. The van der Waals surface area contributed by atoms with Crippen molar-refractivity contribution >= 4 is 12.6 Å². The molecular formula is C10H20N2S. The van der Waals surface area contributed by atoms with Crippen molar-refractivity contribution in [3.63, 3.8) is 0 Å². The minimum atomic E-state index is 0.863. The predicted molar refractivity (Wildman–Crippen MR) is 59.5 cm³/mol. The first-order chi connectivity index (χ1) is 6.40. The van der Waals surface area contributed by atoms with E-state index < -0.39 is 0 Å². The van der Waals surface area contributed by atoms with Crippen molar-refractivity contribution in [1.82, 2.24) is 9.80 Å². The first-order valence-corrected chi connectivity index (χ1v) is 6.10. The van der Waals surface area contributed by atoms with Crippen molar-refractivity contribution in [2.24, 2.45) is 0 Å². The van der Waals surface area contributed by atoms with Gasteiger partial charge in [-0.3, -0.25) is 4.90 Å². The monoisotopic (exact) mass is 200 g/mol. The van der Waals surface area contributed by atoms with Crippen molar-refractivity contribution < 1.29 is 0 Å². The van der Waals surface area contributed by atoms with Crippen LogP contribution in [0, 0.1) is 0 Å².